The van der Waals surface area contributed by atoms with Gasteiger partial charge in [0.25, 0.3) is 0 Å². The minimum Gasteiger partial charge on any atom is -0.481 e. The molecule has 4 N–H and O–H groups in total. The van der Waals surface area contributed by atoms with E-state index in [9.17, 15) is 9.18 Å². The van der Waals surface area contributed by atoms with Crippen molar-refractivity contribution in [3.8, 4) is 0 Å². The molecule has 0 bridgehead atoms. The van der Waals surface area contributed by atoms with Crippen molar-refractivity contribution in [1.82, 2.24) is 5.32 Å². The van der Waals surface area contributed by atoms with E-state index in [0.29, 0.717) is 19.5 Å². The minimum atomic E-state index is -0.899. The normalized spacial score (nSPS) is 12.4. The molecule has 4 nitrogen and oxygen atoms in total. The van der Waals surface area contributed by atoms with Crippen LogP contribution in [0.5, 0.6) is 0 Å². The van der Waals surface area contributed by atoms with Crippen molar-refractivity contribution in [2.45, 2.75) is 18.9 Å². The number of aliphatic carboxylic acids is 1. The van der Waals surface area contributed by atoms with Gasteiger partial charge in [-0.1, -0.05) is 12.1 Å². The first-order chi connectivity index (χ1) is 8.08. The van der Waals surface area contributed by atoms with Crippen LogP contribution in [0.1, 0.15) is 12.0 Å². The average Bonchev–Trinajstić information content (AvgIpc) is 2.23. The van der Waals surface area contributed by atoms with Gasteiger partial charge in [-0.15, -0.1) is 0 Å². The predicted octanol–water partition coefficient (Wildman–Crippen LogP) is 0.760. The largest absolute Gasteiger partial charge is 0.481 e. The van der Waals surface area contributed by atoms with Gasteiger partial charge in [0.1, 0.15) is 5.82 Å². The van der Waals surface area contributed by atoms with Crippen LogP contribution in [0.4, 0.5) is 4.39 Å². The first-order valence-corrected chi connectivity index (χ1v) is 5.50. The lowest BCUT2D eigenvalue weighted by Crippen LogP contribution is -2.36. The molecule has 94 valence electrons. The summed E-state index contributed by atoms with van der Waals surface area (Å²) in [6.45, 7) is 1.10. The second-order valence-electron chi connectivity index (χ2n) is 3.94. The van der Waals surface area contributed by atoms with Crippen molar-refractivity contribution < 1.29 is 14.3 Å². The Morgan fingerprint density at radius 1 is 1.53 bits per heavy atom. The number of hydrogen-bond acceptors (Lipinski definition) is 3. The maximum Gasteiger partial charge on any atom is 0.304 e. The summed E-state index contributed by atoms with van der Waals surface area (Å²) in [5.74, 6) is -1.14. The SMILES string of the molecule is NC(CNCCc1cccc(F)c1)CC(=O)O. The summed E-state index contributed by atoms with van der Waals surface area (Å²) in [5, 5.41) is 11.5. The van der Waals surface area contributed by atoms with Crippen LogP contribution in [-0.4, -0.2) is 30.2 Å². The first-order valence-electron chi connectivity index (χ1n) is 5.50. The zero-order valence-electron chi connectivity index (χ0n) is 9.53. The highest BCUT2D eigenvalue weighted by molar-refractivity contribution is 5.67. The van der Waals surface area contributed by atoms with Crippen molar-refractivity contribution in [3.05, 3.63) is 35.6 Å². The van der Waals surface area contributed by atoms with Gasteiger partial charge in [0.2, 0.25) is 0 Å². The van der Waals surface area contributed by atoms with Crippen molar-refractivity contribution in [1.29, 1.82) is 0 Å². The Morgan fingerprint density at radius 2 is 2.29 bits per heavy atom. The van der Waals surface area contributed by atoms with E-state index in [1.807, 2.05) is 6.07 Å². The third kappa shape index (κ3) is 5.99. The monoisotopic (exact) mass is 240 g/mol. The van der Waals surface area contributed by atoms with E-state index < -0.39 is 5.97 Å². The van der Waals surface area contributed by atoms with Gasteiger partial charge < -0.3 is 16.2 Å². The topological polar surface area (TPSA) is 75.3 Å². The molecule has 1 rings (SSSR count). The van der Waals surface area contributed by atoms with Crippen LogP contribution >= 0.6 is 0 Å². The summed E-state index contributed by atoms with van der Waals surface area (Å²) in [5.41, 5.74) is 6.48. The van der Waals surface area contributed by atoms with Gasteiger partial charge in [0.15, 0.2) is 0 Å². The molecule has 0 amide bonds. The minimum absolute atomic E-state index is 0.0486. The number of nitrogens with one attached hydrogen (secondary N) is 1. The third-order valence-corrected chi connectivity index (χ3v) is 2.32. The smallest absolute Gasteiger partial charge is 0.304 e. The summed E-state index contributed by atoms with van der Waals surface area (Å²) in [4.78, 5) is 10.4. The fourth-order valence-electron chi connectivity index (χ4n) is 1.51. The molecule has 0 aliphatic rings. The molecule has 0 aliphatic carbocycles. The molecule has 0 saturated carbocycles. The van der Waals surface area contributed by atoms with Crippen LogP contribution in [0.15, 0.2) is 24.3 Å². The van der Waals surface area contributed by atoms with E-state index in [2.05, 4.69) is 5.32 Å². The summed E-state index contributed by atoms with van der Waals surface area (Å²) in [6, 6.07) is 6.02. The van der Waals surface area contributed by atoms with E-state index in [-0.39, 0.29) is 18.3 Å². The molecular formula is C12H17FN2O2. The fourth-order valence-corrected chi connectivity index (χ4v) is 1.51. The van der Waals surface area contributed by atoms with Crippen LogP contribution in [0.25, 0.3) is 0 Å². The number of carboxylic acids is 1. The standard InChI is InChI=1S/C12H17FN2O2/c13-10-3-1-2-9(6-10)4-5-15-8-11(14)7-12(16)17/h1-3,6,11,15H,4-5,7-8,14H2,(H,16,17). The molecule has 0 saturated heterocycles. The Balaban J connectivity index is 2.18. The Labute approximate surface area is 99.6 Å². The highest BCUT2D eigenvalue weighted by atomic mass is 19.1. The summed E-state index contributed by atoms with van der Waals surface area (Å²) in [7, 11) is 0. The number of rotatable bonds is 7. The lowest BCUT2D eigenvalue weighted by molar-refractivity contribution is -0.137. The second-order valence-corrected chi connectivity index (χ2v) is 3.94. The second kappa shape index (κ2) is 6.98. The number of carbonyl (C=O) groups is 1. The Morgan fingerprint density at radius 3 is 2.94 bits per heavy atom. The van der Waals surface area contributed by atoms with Gasteiger partial charge in [-0.2, -0.15) is 0 Å². The van der Waals surface area contributed by atoms with E-state index in [1.54, 1.807) is 6.07 Å². The zero-order valence-corrected chi connectivity index (χ0v) is 9.53. The average molecular weight is 240 g/mol. The van der Waals surface area contributed by atoms with Crippen LogP contribution < -0.4 is 11.1 Å². The third-order valence-electron chi connectivity index (χ3n) is 2.32. The fraction of sp³-hybridized carbons (Fsp3) is 0.417. The van der Waals surface area contributed by atoms with Crippen molar-refractivity contribution in [3.63, 3.8) is 0 Å². The summed E-state index contributed by atoms with van der Waals surface area (Å²) in [6.07, 6.45) is 0.643. The van der Waals surface area contributed by atoms with Gasteiger partial charge in [-0.3, -0.25) is 4.79 Å². The number of nitrogens with two attached hydrogens (primary N) is 1. The highest BCUT2D eigenvalue weighted by Crippen LogP contribution is 2.03. The Bertz CT molecular complexity index is 371. The molecule has 0 aromatic heterocycles. The molecule has 0 heterocycles. The van der Waals surface area contributed by atoms with Crippen molar-refractivity contribution >= 4 is 5.97 Å². The highest BCUT2D eigenvalue weighted by Gasteiger charge is 2.06. The summed E-state index contributed by atoms with van der Waals surface area (Å²) >= 11 is 0. The van der Waals surface area contributed by atoms with Gasteiger partial charge in [-0.25, -0.2) is 4.39 Å². The van der Waals surface area contributed by atoms with E-state index in [4.69, 9.17) is 10.8 Å². The molecule has 0 spiro atoms. The van der Waals surface area contributed by atoms with Crippen LogP contribution in [0.2, 0.25) is 0 Å². The van der Waals surface area contributed by atoms with E-state index >= 15 is 0 Å². The number of halogens is 1. The molecular weight excluding hydrogens is 223 g/mol. The van der Waals surface area contributed by atoms with Crippen molar-refractivity contribution in [2.24, 2.45) is 5.73 Å². The van der Waals surface area contributed by atoms with Gasteiger partial charge in [0, 0.05) is 12.6 Å². The molecule has 1 aromatic carbocycles. The number of benzene rings is 1. The lowest BCUT2D eigenvalue weighted by atomic mass is 10.1. The zero-order chi connectivity index (χ0) is 12.7. The van der Waals surface area contributed by atoms with Crippen LogP contribution in [-0.2, 0) is 11.2 Å². The maximum absolute atomic E-state index is 12.8. The Kier molecular flexibility index (Phi) is 5.59. The lowest BCUT2D eigenvalue weighted by Gasteiger charge is -2.10. The van der Waals surface area contributed by atoms with E-state index in [0.717, 1.165) is 5.56 Å². The molecule has 1 aromatic rings. The molecule has 1 unspecified atom stereocenters. The number of carboxylic acid groups (broad SMARTS) is 1. The predicted molar refractivity (Wildman–Crippen MR) is 63.2 cm³/mol. The molecule has 5 heteroatoms. The molecule has 0 fully saturated rings. The maximum atomic E-state index is 12.8. The Hall–Kier alpha value is -1.46. The quantitative estimate of drug-likeness (QED) is 0.615. The van der Waals surface area contributed by atoms with Gasteiger partial charge >= 0.3 is 5.97 Å². The van der Waals surface area contributed by atoms with E-state index in [1.165, 1.54) is 12.1 Å². The van der Waals surface area contributed by atoms with Gasteiger partial charge in [-0.05, 0) is 30.7 Å². The van der Waals surface area contributed by atoms with Gasteiger partial charge in [0.05, 0.1) is 6.42 Å². The molecule has 0 radical (unpaired) electrons. The van der Waals surface area contributed by atoms with Crippen LogP contribution in [0.3, 0.4) is 0 Å². The summed E-state index contributed by atoms with van der Waals surface area (Å²) < 4.78 is 12.8. The number of hydrogen-bond donors (Lipinski definition) is 3. The molecule has 1 atom stereocenters. The first kappa shape index (κ1) is 13.6. The molecule has 0 aliphatic heterocycles. The van der Waals surface area contributed by atoms with Crippen molar-refractivity contribution in [2.75, 3.05) is 13.1 Å². The van der Waals surface area contributed by atoms with Crippen LogP contribution in [0, 0.1) is 5.82 Å². The molecule has 17 heavy (non-hydrogen) atoms.